The molecule has 0 saturated heterocycles. The van der Waals surface area contributed by atoms with Gasteiger partial charge in [0.05, 0.1) is 11.9 Å². The number of aliphatic hydroxyl groups is 1. The molecule has 3 rings (SSSR count). The minimum absolute atomic E-state index is 0.0912. The van der Waals surface area contributed by atoms with Crippen molar-refractivity contribution in [1.82, 2.24) is 15.3 Å². The molecule has 0 atom stereocenters. The van der Waals surface area contributed by atoms with Crippen LogP contribution in [0.4, 0.5) is 0 Å². The molecule has 0 bridgehead atoms. The van der Waals surface area contributed by atoms with Crippen molar-refractivity contribution in [3.63, 3.8) is 0 Å². The molecule has 36 heavy (non-hydrogen) atoms. The first-order valence-corrected chi connectivity index (χ1v) is 12.2. The zero-order valence-electron chi connectivity index (χ0n) is 20.9. The van der Waals surface area contributed by atoms with Crippen LogP contribution in [-0.4, -0.2) is 47.1 Å². The maximum atomic E-state index is 11.4. The third kappa shape index (κ3) is 7.60. The molecule has 188 valence electrons. The summed E-state index contributed by atoms with van der Waals surface area (Å²) >= 11 is 0. The van der Waals surface area contributed by atoms with Gasteiger partial charge in [0.1, 0.15) is 0 Å². The topological polar surface area (TPSA) is 97.8 Å². The second-order valence-corrected chi connectivity index (χ2v) is 8.63. The van der Waals surface area contributed by atoms with Gasteiger partial charge >= 0.3 is 0 Å². The number of carbonyl (C=O) groups excluding carboxylic acids is 1. The first-order chi connectivity index (χ1) is 17.5. The summed E-state index contributed by atoms with van der Waals surface area (Å²) < 4.78 is 0. The number of nitroso groups, excluding NO2 is 1. The summed E-state index contributed by atoms with van der Waals surface area (Å²) in [6, 6.07) is 18.8. The number of rotatable bonds is 13. The van der Waals surface area contributed by atoms with E-state index in [2.05, 4.69) is 70.6 Å². The largest absolute Gasteiger partial charge is 0.395 e. The van der Waals surface area contributed by atoms with E-state index in [1.165, 1.54) is 22.6 Å². The summed E-state index contributed by atoms with van der Waals surface area (Å²) in [7, 11) is 0. The Balaban J connectivity index is 1.76. The summed E-state index contributed by atoms with van der Waals surface area (Å²) in [4.78, 5) is 27.3. The lowest BCUT2D eigenvalue weighted by molar-refractivity contribution is -0.116. The quantitative estimate of drug-likeness (QED) is 0.132. The third-order valence-electron chi connectivity index (χ3n) is 6.09. The molecular formula is C29H34N4O3. The Bertz CT molecular complexity index is 1240. The number of hydrogen-bond acceptors (Lipinski definition) is 5. The molecule has 0 radical (unpaired) electrons. The number of fused-ring (bicyclic) bond motifs is 1. The number of carbonyl (C=O) groups is 1. The van der Waals surface area contributed by atoms with E-state index in [9.17, 15) is 14.8 Å². The number of benzene rings is 2. The third-order valence-corrected chi connectivity index (χ3v) is 6.09. The van der Waals surface area contributed by atoms with Crippen LogP contribution in [-0.2, 0) is 11.2 Å². The molecule has 0 saturated carbocycles. The van der Waals surface area contributed by atoms with Crippen LogP contribution < -0.4 is 5.43 Å². The Labute approximate surface area is 212 Å². The normalized spacial score (nSPS) is 12.6. The van der Waals surface area contributed by atoms with Gasteiger partial charge in [-0.15, -0.1) is 4.91 Å². The van der Waals surface area contributed by atoms with E-state index in [0.717, 1.165) is 48.3 Å². The van der Waals surface area contributed by atoms with E-state index >= 15 is 0 Å². The Morgan fingerprint density at radius 1 is 1.06 bits per heavy atom. The molecule has 1 aromatic heterocycles. The van der Waals surface area contributed by atoms with E-state index in [1.807, 2.05) is 30.6 Å². The minimum Gasteiger partial charge on any atom is -0.395 e. The zero-order chi connectivity index (χ0) is 25.8. The molecule has 0 spiro atoms. The van der Waals surface area contributed by atoms with Crippen LogP contribution in [0.5, 0.6) is 0 Å². The van der Waals surface area contributed by atoms with E-state index in [4.69, 9.17) is 0 Å². The lowest BCUT2D eigenvalue weighted by Crippen LogP contribution is -2.31. The highest BCUT2D eigenvalue weighted by Gasteiger charge is 2.15. The number of aromatic amines is 1. The number of H-pyrrole nitrogens is 1. The molecular weight excluding hydrogens is 452 g/mol. The van der Waals surface area contributed by atoms with Gasteiger partial charge in [0, 0.05) is 42.3 Å². The van der Waals surface area contributed by atoms with Crippen LogP contribution in [0.25, 0.3) is 22.2 Å². The lowest BCUT2D eigenvalue weighted by atomic mass is 10.0. The van der Waals surface area contributed by atoms with Crippen LogP contribution in [0.3, 0.4) is 0 Å². The van der Waals surface area contributed by atoms with Crippen molar-refractivity contribution in [3.05, 3.63) is 101 Å². The summed E-state index contributed by atoms with van der Waals surface area (Å²) in [6.07, 6.45) is 8.63. The Hall–Kier alpha value is -3.81. The SMILES string of the molecule is CCC(=CC=C(C)C=CC(=O)NN=O)CN(CCO)CCc1c(-c2ccccc2)[nH]c2ccccc12. The standard InChI is InChI=1S/C29H34N4O3/c1-3-23(15-13-22(2)14-16-28(35)31-32-36)21-33(19-20-34)18-17-26-25-11-7-8-12-27(25)30-29(26)24-9-5-4-6-10-24/h4-16,30,34H,3,17-21H2,1-2H3,(H,31,35,36). The van der Waals surface area contributed by atoms with Gasteiger partial charge in [0.15, 0.2) is 0 Å². The van der Waals surface area contributed by atoms with E-state index in [0.29, 0.717) is 6.54 Å². The fraction of sp³-hybridized carbons (Fsp3) is 0.276. The Kier molecular flexibility index (Phi) is 10.4. The van der Waals surface area contributed by atoms with Gasteiger partial charge in [-0.3, -0.25) is 9.69 Å². The molecule has 0 aliphatic carbocycles. The van der Waals surface area contributed by atoms with Crippen molar-refractivity contribution >= 4 is 16.8 Å². The molecule has 7 nitrogen and oxygen atoms in total. The zero-order valence-corrected chi connectivity index (χ0v) is 20.9. The molecule has 0 fully saturated rings. The van der Waals surface area contributed by atoms with Gasteiger partial charge in [-0.05, 0) is 37.0 Å². The second kappa shape index (κ2) is 13.9. The number of para-hydroxylation sites is 1. The maximum absolute atomic E-state index is 11.4. The highest BCUT2D eigenvalue weighted by molar-refractivity contribution is 5.90. The summed E-state index contributed by atoms with van der Waals surface area (Å²) in [5.41, 5.74) is 8.65. The van der Waals surface area contributed by atoms with E-state index in [1.54, 1.807) is 6.08 Å². The predicted molar refractivity (Wildman–Crippen MR) is 146 cm³/mol. The van der Waals surface area contributed by atoms with Gasteiger partial charge in [-0.1, -0.05) is 84.8 Å². The van der Waals surface area contributed by atoms with Gasteiger partial charge < -0.3 is 10.1 Å². The van der Waals surface area contributed by atoms with Gasteiger partial charge in [0.2, 0.25) is 0 Å². The number of hydrogen-bond donors (Lipinski definition) is 3. The summed E-state index contributed by atoms with van der Waals surface area (Å²) in [6.45, 7) is 6.22. The lowest BCUT2D eigenvalue weighted by Gasteiger charge is -2.23. The van der Waals surface area contributed by atoms with Crippen molar-refractivity contribution < 1.29 is 9.90 Å². The average Bonchev–Trinajstić information content (AvgIpc) is 3.27. The number of allylic oxidation sites excluding steroid dienone is 4. The van der Waals surface area contributed by atoms with Gasteiger partial charge in [0.25, 0.3) is 5.91 Å². The van der Waals surface area contributed by atoms with Crippen molar-refractivity contribution in [3.8, 4) is 11.3 Å². The van der Waals surface area contributed by atoms with Crippen LogP contribution in [0.2, 0.25) is 0 Å². The van der Waals surface area contributed by atoms with Crippen molar-refractivity contribution in [1.29, 1.82) is 0 Å². The van der Waals surface area contributed by atoms with Gasteiger partial charge in [-0.25, -0.2) is 5.43 Å². The Morgan fingerprint density at radius 3 is 2.53 bits per heavy atom. The van der Waals surface area contributed by atoms with Gasteiger partial charge in [-0.2, -0.15) is 0 Å². The monoisotopic (exact) mass is 486 g/mol. The highest BCUT2D eigenvalue weighted by atomic mass is 16.3. The molecule has 1 heterocycles. The summed E-state index contributed by atoms with van der Waals surface area (Å²) in [5.74, 6) is -0.557. The maximum Gasteiger partial charge on any atom is 0.266 e. The van der Waals surface area contributed by atoms with Crippen molar-refractivity contribution in [2.45, 2.75) is 26.7 Å². The molecule has 3 aromatic rings. The second-order valence-electron chi connectivity index (χ2n) is 8.63. The molecule has 3 N–H and O–H groups in total. The van der Waals surface area contributed by atoms with Crippen LogP contribution in [0.1, 0.15) is 25.8 Å². The number of nitrogens with zero attached hydrogens (tertiary/aromatic N) is 2. The van der Waals surface area contributed by atoms with Crippen molar-refractivity contribution in [2.24, 2.45) is 5.29 Å². The van der Waals surface area contributed by atoms with E-state index in [-0.39, 0.29) is 6.61 Å². The average molecular weight is 487 g/mol. The molecule has 0 aliphatic rings. The Morgan fingerprint density at radius 2 is 1.81 bits per heavy atom. The van der Waals surface area contributed by atoms with Crippen LogP contribution in [0.15, 0.2) is 95.3 Å². The first-order valence-electron chi connectivity index (χ1n) is 12.2. The number of nitrogens with one attached hydrogen (secondary N) is 2. The smallest absolute Gasteiger partial charge is 0.266 e. The predicted octanol–water partition coefficient (Wildman–Crippen LogP) is 5.31. The molecule has 1 amide bonds. The molecule has 0 aliphatic heterocycles. The number of aliphatic hydroxyl groups excluding tert-OH is 1. The van der Waals surface area contributed by atoms with E-state index < -0.39 is 5.91 Å². The fourth-order valence-electron chi connectivity index (χ4n) is 4.16. The first kappa shape index (κ1) is 26.8. The molecule has 2 aromatic carbocycles. The number of aromatic nitrogens is 1. The highest BCUT2D eigenvalue weighted by Crippen LogP contribution is 2.30. The van der Waals surface area contributed by atoms with Crippen LogP contribution in [0, 0.1) is 4.91 Å². The minimum atomic E-state index is -0.557. The molecule has 0 unspecified atom stereocenters. The summed E-state index contributed by atoms with van der Waals surface area (Å²) in [5, 5.41) is 13.3. The molecule has 7 heteroatoms. The van der Waals surface area contributed by atoms with Crippen molar-refractivity contribution in [2.75, 3.05) is 26.2 Å². The van der Waals surface area contributed by atoms with Crippen LogP contribution >= 0.6 is 0 Å². The fourth-order valence-corrected chi connectivity index (χ4v) is 4.16. The number of amides is 1.